The molecule has 204 valence electrons. The fraction of sp³-hybridized carbons (Fsp3) is 0.179. The van der Waals surface area contributed by atoms with Crippen molar-refractivity contribution in [1.82, 2.24) is 4.57 Å². The van der Waals surface area contributed by atoms with Crippen LogP contribution in [0.15, 0.2) is 86.1 Å². The van der Waals surface area contributed by atoms with Crippen molar-refractivity contribution in [3.8, 4) is 5.75 Å². The number of rotatable bonds is 8. The smallest absolute Gasteiger partial charge is 0.338 e. The average molecular weight is 564 g/mol. The first kappa shape index (κ1) is 26.8. The largest absolute Gasteiger partial charge is 0.482 e. The van der Waals surface area contributed by atoms with Gasteiger partial charge in [0, 0.05) is 12.1 Å². The van der Waals surface area contributed by atoms with Crippen LogP contribution in [0.4, 0.5) is 10.1 Å². The van der Waals surface area contributed by atoms with Gasteiger partial charge in [0.05, 0.1) is 39.4 Å². The van der Waals surface area contributed by atoms with Gasteiger partial charge in [-0.3, -0.25) is 19.5 Å². The number of carbonyl (C=O) groups is 1. The first-order valence-corrected chi connectivity index (χ1v) is 13.0. The van der Waals surface area contributed by atoms with E-state index in [1.54, 1.807) is 32.1 Å². The molecule has 40 heavy (non-hydrogen) atoms. The summed E-state index contributed by atoms with van der Waals surface area (Å²) in [6, 6.07) is 14.7. The lowest BCUT2D eigenvalue weighted by Crippen LogP contribution is -2.39. The maximum Gasteiger partial charge on any atom is 0.338 e. The minimum atomic E-state index is -0.746. The highest BCUT2D eigenvalue weighted by molar-refractivity contribution is 7.07. The molecule has 0 spiro atoms. The van der Waals surface area contributed by atoms with Crippen LogP contribution < -0.4 is 19.6 Å². The van der Waals surface area contributed by atoms with Gasteiger partial charge in [-0.05, 0) is 37.6 Å². The molecule has 0 bridgehead atoms. The molecule has 0 radical (unpaired) electrons. The van der Waals surface area contributed by atoms with Crippen LogP contribution in [0.5, 0.6) is 5.75 Å². The van der Waals surface area contributed by atoms with Crippen molar-refractivity contribution in [2.24, 2.45) is 4.99 Å². The van der Waals surface area contributed by atoms with E-state index in [0.29, 0.717) is 26.6 Å². The number of aromatic nitrogens is 1. The van der Waals surface area contributed by atoms with E-state index in [2.05, 4.69) is 4.99 Å². The SMILES string of the molecule is CCOC(=O)C1=C(C)N=c2s/c(=C/c3ccc(COc4cc([N+](=O)[O-])ccc4F)o3)c(=O)n2C1c1ccccc1. The second kappa shape index (κ2) is 11.1. The van der Waals surface area contributed by atoms with Gasteiger partial charge < -0.3 is 13.9 Å². The quantitative estimate of drug-likeness (QED) is 0.180. The number of fused-ring (bicyclic) bond motifs is 1. The van der Waals surface area contributed by atoms with E-state index in [9.17, 15) is 24.1 Å². The number of furan rings is 1. The monoisotopic (exact) mass is 563 g/mol. The summed E-state index contributed by atoms with van der Waals surface area (Å²) >= 11 is 1.15. The van der Waals surface area contributed by atoms with Crippen molar-refractivity contribution in [2.75, 3.05) is 6.61 Å². The zero-order valence-electron chi connectivity index (χ0n) is 21.3. The third-order valence-corrected chi connectivity index (χ3v) is 7.07. The number of halogens is 1. The van der Waals surface area contributed by atoms with Crippen LogP contribution >= 0.6 is 11.3 Å². The topological polar surface area (TPSA) is 126 Å². The molecule has 0 saturated carbocycles. The number of nitro groups is 1. The molecule has 3 heterocycles. The third-order valence-electron chi connectivity index (χ3n) is 6.08. The van der Waals surface area contributed by atoms with Gasteiger partial charge in [-0.25, -0.2) is 14.2 Å². The Bertz CT molecular complexity index is 1820. The summed E-state index contributed by atoms with van der Waals surface area (Å²) in [7, 11) is 0. The standard InChI is InChI=1S/C28H22FN3O7S/c1-3-37-27(34)24-16(2)30-28-31(25(24)17-7-5-4-6-8-17)26(33)23(40-28)14-19-10-11-20(39-19)15-38-22-13-18(32(35)36)9-12-21(22)29/h4-14,25H,3,15H2,1-2H3/b23-14+. The zero-order chi connectivity index (χ0) is 28.4. The number of carbonyl (C=O) groups excluding carboxylic acids is 1. The Labute approximate surface area is 230 Å². The molecule has 0 amide bonds. The first-order chi connectivity index (χ1) is 19.3. The van der Waals surface area contributed by atoms with Crippen molar-refractivity contribution >= 4 is 29.1 Å². The van der Waals surface area contributed by atoms with E-state index in [1.165, 1.54) is 4.57 Å². The second-order valence-electron chi connectivity index (χ2n) is 8.68. The minimum Gasteiger partial charge on any atom is -0.482 e. The Balaban J connectivity index is 1.47. The highest BCUT2D eigenvalue weighted by atomic mass is 32.1. The molecule has 1 atom stereocenters. The lowest BCUT2D eigenvalue weighted by molar-refractivity contribution is -0.385. The second-order valence-corrected chi connectivity index (χ2v) is 9.69. The van der Waals surface area contributed by atoms with Gasteiger partial charge in [0.1, 0.15) is 18.1 Å². The van der Waals surface area contributed by atoms with E-state index >= 15 is 0 Å². The fourth-order valence-electron chi connectivity index (χ4n) is 4.29. The van der Waals surface area contributed by atoms with Gasteiger partial charge in [0.15, 0.2) is 16.4 Å². The summed E-state index contributed by atoms with van der Waals surface area (Å²) in [4.78, 5) is 41.8. The van der Waals surface area contributed by atoms with Gasteiger partial charge in [-0.2, -0.15) is 0 Å². The van der Waals surface area contributed by atoms with E-state index in [1.807, 2.05) is 30.3 Å². The number of non-ortho nitro benzene ring substituents is 1. The number of thiazole rings is 1. The predicted molar refractivity (Wildman–Crippen MR) is 143 cm³/mol. The number of esters is 1. The van der Waals surface area contributed by atoms with Crippen LogP contribution in [0.3, 0.4) is 0 Å². The van der Waals surface area contributed by atoms with Gasteiger partial charge in [0.2, 0.25) is 0 Å². The van der Waals surface area contributed by atoms with E-state index in [0.717, 1.165) is 35.1 Å². The normalized spacial score (nSPS) is 15.0. The first-order valence-electron chi connectivity index (χ1n) is 12.2. The van der Waals surface area contributed by atoms with Crippen molar-refractivity contribution < 1.29 is 28.0 Å². The Morgan fingerprint density at radius 2 is 2.00 bits per heavy atom. The van der Waals surface area contributed by atoms with Crippen LogP contribution in [0.25, 0.3) is 6.08 Å². The summed E-state index contributed by atoms with van der Waals surface area (Å²) in [6.45, 7) is 3.41. The van der Waals surface area contributed by atoms with Crippen molar-refractivity contribution in [3.63, 3.8) is 0 Å². The summed E-state index contributed by atoms with van der Waals surface area (Å²) in [6.07, 6.45) is 1.55. The number of allylic oxidation sites excluding steroid dienone is 1. The van der Waals surface area contributed by atoms with E-state index < -0.39 is 22.8 Å². The summed E-state index contributed by atoms with van der Waals surface area (Å²) in [5, 5.41) is 11.0. The molecule has 0 fully saturated rings. The van der Waals surface area contributed by atoms with Gasteiger partial charge in [0.25, 0.3) is 11.2 Å². The molecule has 1 aliphatic heterocycles. The third kappa shape index (κ3) is 5.21. The molecule has 0 N–H and O–H groups in total. The lowest BCUT2D eigenvalue weighted by atomic mass is 9.96. The van der Waals surface area contributed by atoms with Crippen LogP contribution in [0.1, 0.15) is 37.0 Å². The molecular weight excluding hydrogens is 541 g/mol. The number of hydrogen-bond donors (Lipinski definition) is 0. The van der Waals surface area contributed by atoms with E-state index in [-0.39, 0.29) is 35.8 Å². The van der Waals surface area contributed by atoms with E-state index in [4.69, 9.17) is 13.9 Å². The highest BCUT2D eigenvalue weighted by Gasteiger charge is 2.33. The number of ether oxygens (including phenoxy) is 2. The minimum absolute atomic E-state index is 0.180. The van der Waals surface area contributed by atoms with Gasteiger partial charge in [-0.15, -0.1) is 0 Å². The molecule has 1 aliphatic rings. The van der Waals surface area contributed by atoms with Crippen LogP contribution in [0, 0.1) is 15.9 Å². The van der Waals surface area contributed by atoms with Gasteiger partial charge >= 0.3 is 5.97 Å². The Hall–Kier alpha value is -4.84. The molecule has 2 aromatic heterocycles. The zero-order valence-corrected chi connectivity index (χ0v) is 22.1. The average Bonchev–Trinajstić information content (AvgIpc) is 3.51. The van der Waals surface area contributed by atoms with Crippen LogP contribution in [-0.4, -0.2) is 22.1 Å². The molecule has 12 heteroatoms. The van der Waals surface area contributed by atoms with Crippen molar-refractivity contribution in [1.29, 1.82) is 0 Å². The molecule has 4 aromatic rings. The predicted octanol–water partition coefficient (Wildman–Crippen LogP) is 4.02. The fourth-order valence-corrected chi connectivity index (χ4v) is 5.31. The molecular formula is C28H22FN3O7S. The van der Waals surface area contributed by atoms with Crippen LogP contribution in [0.2, 0.25) is 0 Å². The summed E-state index contributed by atoms with van der Waals surface area (Å²) < 4.78 is 32.2. The molecule has 2 aromatic carbocycles. The number of hydrogen-bond acceptors (Lipinski definition) is 9. The Morgan fingerprint density at radius 3 is 2.73 bits per heavy atom. The van der Waals surface area contributed by atoms with Crippen LogP contribution in [-0.2, 0) is 16.1 Å². The molecule has 5 rings (SSSR count). The summed E-state index contributed by atoms with van der Waals surface area (Å²) in [5.41, 5.74) is 0.823. The molecule has 0 aliphatic carbocycles. The van der Waals surface area contributed by atoms with Crippen molar-refractivity contribution in [3.05, 3.63) is 125 Å². The molecule has 10 nitrogen and oxygen atoms in total. The number of benzene rings is 2. The summed E-state index contributed by atoms with van der Waals surface area (Å²) in [5.74, 6) is -0.922. The molecule has 1 unspecified atom stereocenters. The van der Waals surface area contributed by atoms with Gasteiger partial charge in [-0.1, -0.05) is 41.7 Å². The number of nitro benzene ring substituents is 1. The Kier molecular flexibility index (Phi) is 7.43. The molecule has 0 saturated heterocycles. The maximum absolute atomic E-state index is 14.0. The highest BCUT2D eigenvalue weighted by Crippen LogP contribution is 2.30. The maximum atomic E-state index is 14.0. The number of nitrogens with zero attached hydrogens (tertiary/aromatic N) is 3. The van der Waals surface area contributed by atoms with Crippen molar-refractivity contribution in [2.45, 2.75) is 26.5 Å². The Morgan fingerprint density at radius 1 is 1.23 bits per heavy atom. The lowest BCUT2D eigenvalue weighted by Gasteiger charge is -2.24.